The normalized spacial score (nSPS) is 12.4. The third kappa shape index (κ3) is 6.02. The molecule has 0 saturated carbocycles. The van der Waals surface area contributed by atoms with Gasteiger partial charge in [0.1, 0.15) is 18.5 Å². The number of halogens is 4. The van der Waals surface area contributed by atoms with Gasteiger partial charge in [0.05, 0.1) is 12.1 Å². The largest absolute Gasteiger partial charge is 0.491 e. The van der Waals surface area contributed by atoms with Crippen molar-refractivity contribution in [2.24, 2.45) is 7.05 Å². The minimum Gasteiger partial charge on any atom is -0.491 e. The molecule has 0 radical (unpaired) electrons. The molecule has 6 nitrogen and oxygen atoms in total. The summed E-state index contributed by atoms with van der Waals surface area (Å²) in [6.07, 6.45) is -2.43. The zero-order chi connectivity index (χ0) is 23.3. The van der Waals surface area contributed by atoms with Gasteiger partial charge in [0.2, 0.25) is 0 Å². The average molecular weight is 468 g/mol. The van der Waals surface area contributed by atoms with Gasteiger partial charge in [0.25, 0.3) is 5.91 Å². The van der Waals surface area contributed by atoms with Gasteiger partial charge in [0, 0.05) is 31.0 Å². The first-order valence-electron chi connectivity index (χ1n) is 9.63. The Labute approximate surface area is 187 Å². The lowest BCUT2D eigenvalue weighted by molar-refractivity contribution is -0.137. The lowest BCUT2D eigenvalue weighted by Gasteiger charge is -2.25. The molecule has 0 saturated heterocycles. The van der Waals surface area contributed by atoms with E-state index in [4.69, 9.17) is 16.3 Å². The highest BCUT2D eigenvalue weighted by molar-refractivity contribution is 6.31. The molecule has 2 aromatic carbocycles. The molecule has 0 bridgehead atoms. The van der Waals surface area contributed by atoms with Gasteiger partial charge >= 0.3 is 6.18 Å². The van der Waals surface area contributed by atoms with E-state index in [0.29, 0.717) is 10.6 Å². The Morgan fingerprint density at radius 2 is 1.91 bits per heavy atom. The molecule has 1 unspecified atom stereocenters. The Morgan fingerprint density at radius 3 is 2.50 bits per heavy atom. The van der Waals surface area contributed by atoms with Crippen molar-refractivity contribution >= 4 is 17.5 Å². The van der Waals surface area contributed by atoms with Crippen molar-refractivity contribution in [1.82, 2.24) is 14.5 Å². The molecule has 1 aromatic heterocycles. The van der Waals surface area contributed by atoms with E-state index in [0.717, 1.165) is 12.1 Å². The van der Waals surface area contributed by atoms with Gasteiger partial charge in [0.15, 0.2) is 5.82 Å². The van der Waals surface area contributed by atoms with Crippen molar-refractivity contribution in [3.63, 3.8) is 0 Å². The van der Waals surface area contributed by atoms with Crippen molar-refractivity contribution < 1.29 is 27.8 Å². The maximum atomic E-state index is 13.0. The fourth-order valence-corrected chi connectivity index (χ4v) is 3.20. The predicted octanol–water partition coefficient (Wildman–Crippen LogP) is 4.17. The van der Waals surface area contributed by atoms with Crippen LogP contribution in [0.2, 0.25) is 5.02 Å². The van der Waals surface area contributed by atoms with Crippen LogP contribution in [0.15, 0.2) is 60.9 Å². The molecular formula is C22H21ClF3N3O3. The highest BCUT2D eigenvalue weighted by atomic mass is 35.5. The molecule has 32 heavy (non-hydrogen) atoms. The number of aliphatic hydroxyl groups is 1. The second-order valence-electron chi connectivity index (χ2n) is 7.13. The molecule has 1 atom stereocenters. The van der Waals surface area contributed by atoms with E-state index in [1.165, 1.54) is 23.2 Å². The number of ether oxygens (including phenoxy) is 1. The number of rotatable bonds is 8. The molecule has 1 heterocycles. The minimum absolute atomic E-state index is 0.0997. The van der Waals surface area contributed by atoms with Crippen LogP contribution in [0.3, 0.4) is 0 Å². The molecule has 0 aliphatic carbocycles. The fraction of sp³-hybridized carbons (Fsp3) is 0.273. The van der Waals surface area contributed by atoms with E-state index in [1.54, 1.807) is 42.1 Å². The van der Waals surface area contributed by atoms with E-state index < -0.39 is 23.8 Å². The quantitative estimate of drug-likeness (QED) is 0.540. The molecule has 3 rings (SSSR count). The lowest BCUT2D eigenvalue weighted by Crippen LogP contribution is -2.40. The first kappa shape index (κ1) is 23.6. The van der Waals surface area contributed by atoms with E-state index in [-0.39, 0.29) is 31.3 Å². The first-order valence-corrected chi connectivity index (χ1v) is 10.0. The number of hydrogen-bond acceptors (Lipinski definition) is 4. The van der Waals surface area contributed by atoms with Gasteiger partial charge in [-0.15, -0.1) is 0 Å². The number of carbonyl (C=O) groups excluding carboxylic acids is 1. The molecule has 170 valence electrons. The number of benzene rings is 2. The summed E-state index contributed by atoms with van der Waals surface area (Å²) in [6.45, 7) is -0.196. The Bertz CT molecular complexity index is 1050. The second-order valence-corrected chi connectivity index (χ2v) is 7.53. The smallest absolute Gasteiger partial charge is 0.416 e. The summed E-state index contributed by atoms with van der Waals surface area (Å²) in [5.74, 6) is -0.0518. The number of alkyl halides is 3. The van der Waals surface area contributed by atoms with Crippen LogP contribution in [-0.4, -0.2) is 44.7 Å². The summed E-state index contributed by atoms with van der Waals surface area (Å²) in [4.78, 5) is 18.5. The molecule has 0 aliphatic heterocycles. The van der Waals surface area contributed by atoms with Gasteiger partial charge in [-0.25, -0.2) is 4.98 Å². The van der Waals surface area contributed by atoms with Crippen molar-refractivity contribution in [1.29, 1.82) is 0 Å². The number of hydrogen-bond donors (Lipinski definition) is 1. The molecule has 1 amide bonds. The monoisotopic (exact) mass is 467 g/mol. The minimum atomic E-state index is -4.44. The summed E-state index contributed by atoms with van der Waals surface area (Å²) >= 11 is 6.23. The molecular weight excluding hydrogens is 447 g/mol. The molecule has 0 fully saturated rings. The molecule has 1 N–H and O–H groups in total. The van der Waals surface area contributed by atoms with Gasteiger partial charge < -0.3 is 19.3 Å². The third-order valence-corrected chi connectivity index (χ3v) is 5.04. The Morgan fingerprint density at radius 1 is 1.22 bits per heavy atom. The van der Waals surface area contributed by atoms with Crippen LogP contribution < -0.4 is 4.74 Å². The van der Waals surface area contributed by atoms with Crippen LogP contribution in [0.1, 0.15) is 21.7 Å². The van der Waals surface area contributed by atoms with Gasteiger partial charge in [-0.05, 0) is 35.9 Å². The Kier molecular flexibility index (Phi) is 7.42. The highest BCUT2D eigenvalue weighted by Gasteiger charge is 2.30. The number of nitrogens with zero attached hydrogens (tertiary/aromatic N) is 3. The summed E-state index contributed by atoms with van der Waals surface area (Å²) in [5.41, 5.74) is -0.107. The average Bonchev–Trinajstić information content (AvgIpc) is 3.18. The van der Waals surface area contributed by atoms with Crippen LogP contribution in [0, 0.1) is 0 Å². The summed E-state index contributed by atoms with van der Waals surface area (Å²) in [5, 5.41) is 10.9. The number of amides is 1. The number of aliphatic hydroxyl groups excluding tert-OH is 1. The first-order chi connectivity index (χ1) is 15.1. The van der Waals surface area contributed by atoms with Crippen LogP contribution in [0.25, 0.3) is 0 Å². The molecule has 0 spiro atoms. The van der Waals surface area contributed by atoms with E-state index in [1.807, 2.05) is 0 Å². The highest BCUT2D eigenvalue weighted by Crippen LogP contribution is 2.30. The maximum Gasteiger partial charge on any atom is 0.416 e. The van der Waals surface area contributed by atoms with Crippen molar-refractivity contribution in [2.45, 2.75) is 18.8 Å². The van der Waals surface area contributed by atoms with Gasteiger partial charge in [-0.2, -0.15) is 13.2 Å². The summed E-state index contributed by atoms with van der Waals surface area (Å²) in [7, 11) is 1.68. The molecule has 3 aromatic rings. The SMILES string of the molecule is Cn1ccnc1C(=O)N(Cc1ccccc1Cl)CC(O)COc1ccc(C(F)(F)F)cc1. The molecule has 10 heteroatoms. The van der Waals surface area contributed by atoms with Crippen LogP contribution in [0.4, 0.5) is 13.2 Å². The number of imidazole rings is 1. The third-order valence-electron chi connectivity index (χ3n) is 4.67. The number of carbonyl (C=O) groups is 1. The van der Waals surface area contributed by atoms with Crippen LogP contribution in [-0.2, 0) is 19.8 Å². The second kappa shape index (κ2) is 10.1. The zero-order valence-electron chi connectivity index (χ0n) is 17.1. The number of aryl methyl sites for hydroxylation is 1. The van der Waals surface area contributed by atoms with Crippen LogP contribution >= 0.6 is 11.6 Å². The molecule has 0 aliphatic rings. The topological polar surface area (TPSA) is 67.6 Å². The van der Waals surface area contributed by atoms with Crippen molar-refractivity contribution in [2.75, 3.05) is 13.2 Å². The van der Waals surface area contributed by atoms with Gasteiger partial charge in [-0.1, -0.05) is 29.8 Å². The number of aromatic nitrogens is 2. The van der Waals surface area contributed by atoms with Crippen molar-refractivity contribution in [3.05, 3.63) is 82.9 Å². The van der Waals surface area contributed by atoms with Crippen LogP contribution in [0.5, 0.6) is 5.75 Å². The fourth-order valence-electron chi connectivity index (χ4n) is 3.00. The standard InChI is InChI=1S/C22H21ClF3N3O3/c1-28-11-10-27-20(28)21(31)29(12-15-4-2-3-5-19(15)23)13-17(30)14-32-18-8-6-16(7-9-18)22(24,25)26/h2-11,17,30H,12-14H2,1H3. The summed E-state index contributed by atoms with van der Waals surface area (Å²) < 4.78 is 45.0. The van der Waals surface area contributed by atoms with Gasteiger partial charge in [-0.3, -0.25) is 4.79 Å². The summed E-state index contributed by atoms with van der Waals surface area (Å²) in [6, 6.07) is 11.2. The Hall–Kier alpha value is -3.04. The lowest BCUT2D eigenvalue weighted by atomic mass is 10.2. The van der Waals surface area contributed by atoms with Crippen molar-refractivity contribution in [3.8, 4) is 5.75 Å². The predicted molar refractivity (Wildman–Crippen MR) is 112 cm³/mol. The van der Waals surface area contributed by atoms with E-state index >= 15 is 0 Å². The van der Waals surface area contributed by atoms with E-state index in [2.05, 4.69) is 4.98 Å². The zero-order valence-corrected chi connectivity index (χ0v) is 17.8. The van der Waals surface area contributed by atoms with E-state index in [9.17, 15) is 23.1 Å². The maximum absolute atomic E-state index is 13.0. The Balaban J connectivity index is 1.69.